The van der Waals surface area contributed by atoms with Crippen molar-refractivity contribution in [3.05, 3.63) is 23.0 Å². The number of aromatic nitrogens is 2. The van der Waals surface area contributed by atoms with Gasteiger partial charge in [-0.2, -0.15) is 0 Å². The average Bonchev–Trinajstić information content (AvgIpc) is 2.94. The highest BCUT2D eigenvalue weighted by atomic mass is 32.1. The van der Waals surface area contributed by atoms with Gasteiger partial charge in [0.05, 0.1) is 11.4 Å². The number of imidazole rings is 1. The molecule has 0 radical (unpaired) electrons. The number of hydrogen-bond donors (Lipinski definition) is 1. The molecule has 1 N–H and O–H groups in total. The molecule has 0 bridgehead atoms. The van der Waals surface area contributed by atoms with E-state index < -0.39 is 0 Å². The zero-order valence-electron chi connectivity index (χ0n) is 11.9. The second-order valence-corrected chi connectivity index (χ2v) is 6.73. The summed E-state index contributed by atoms with van der Waals surface area (Å²) in [6.07, 6.45) is 7.77. The van der Waals surface area contributed by atoms with E-state index in [-0.39, 0.29) is 0 Å². The highest BCUT2D eigenvalue weighted by Crippen LogP contribution is 2.29. The third-order valence-corrected chi connectivity index (χ3v) is 5.31. The highest BCUT2D eigenvalue weighted by molar-refractivity contribution is 7.15. The SMILES string of the molecule is Cc1nc2sccn2c1CNCC1CCCCC1C. The van der Waals surface area contributed by atoms with Gasteiger partial charge in [0, 0.05) is 18.1 Å². The van der Waals surface area contributed by atoms with E-state index in [0.29, 0.717) is 0 Å². The molecule has 2 atom stereocenters. The van der Waals surface area contributed by atoms with Crippen molar-refractivity contribution in [3.8, 4) is 0 Å². The molecule has 1 saturated carbocycles. The zero-order chi connectivity index (χ0) is 13.2. The first-order chi connectivity index (χ1) is 9.25. The first-order valence-corrected chi connectivity index (χ1v) is 8.25. The van der Waals surface area contributed by atoms with E-state index in [4.69, 9.17) is 0 Å². The fraction of sp³-hybridized carbons (Fsp3) is 0.667. The monoisotopic (exact) mass is 277 g/mol. The summed E-state index contributed by atoms with van der Waals surface area (Å²) in [6, 6.07) is 0. The second-order valence-electron chi connectivity index (χ2n) is 5.85. The molecule has 2 aromatic rings. The normalized spacial score (nSPS) is 24.1. The Labute approximate surface area is 119 Å². The summed E-state index contributed by atoms with van der Waals surface area (Å²) in [5, 5.41) is 5.76. The average molecular weight is 277 g/mol. The Hall–Kier alpha value is -0.870. The Kier molecular flexibility index (Phi) is 3.89. The van der Waals surface area contributed by atoms with Gasteiger partial charge in [0.1, 0.15) is 0 Å². The fourth-order valence-corrected chi connectivity index (χ4v) is 4.00. The van der Waals surface area contributed by atoms with Crippen LogP contribution in [0.15, 0.2) is 11.6 Å². The fourth-order valence-electron chi connectivity index (χ4n) is 3.23. The molecule has 0 aromatic carbocycles. The first-order valence-electron chi connectivity index (χ1n) is 7.37. The topological polar surface area (TPSA) is 29.3 Å². The van der Waals surface area contributed by atoms with Gasteiger partial charge in [-0.25, -0.2) is 4.98 Å². The van der Waals surface area contributed by atoms with E-state index in [1.807, 2.05) is 0 Å². The van der Waals surface area contributed by atoms with Crippen LogP contribution < -0.4 is 5.32 Å². The van der Waals surface area contributed by atoms with Crippen molar-refractivity contribution in [1.82, 2.24) is 14.7 Å². The maximum Gasteiger partial charge on any atom is 0.194 e. The number of thiazole rings is 1. The van der Waals surface area contributed by atoms with E-state index in [2.05, 4.69) is 40.1 Å². The first kappa shape index (κ1) is 13.1. The third kappa shape index (κ3) is 2.70. The Balaban J connectivity index is 1.60. The Morgan fingerprint density at radius 3 is 3.11 bits per heavy atom. The van der Waals surface area contributed by atoms with E-state index in [1.165, 1.54) is 31.4 Å². The number of nitrogens with one attached hydrogen (secondary N) is 1. The van der Waals surface area contributed by atoms with Crippen molar-refractivity contribution < 1.29 is 0 Å². The molecule has 2 aromatic heterocycles. The molecule has 0 aliphatic heterocycles. The van der Waals surface area contributed by atoms with Gasteiger partial charge in [-0.15, -0.1) is 11.3 Å². The van der Waals surface area contributed by atoms with Gasteiger partial charge in [-0.05, 0) is 31.7 Å². The zero-order valence-corrected chi connectivity index (χ0v) is 12.7. The summed E-state index contributed by atoms with van der Waals surface area (Å²) < 4.78 is 2.22. The summed E-state index contributed by atoms with van der Waals surface area (Å²) in [5.74, 6) is 1.74. The van der Waals surface area contributed by atoms with Gasteiger partial charge in [-0.3, -0.25) is 4.40 Å². The van der Waals surface area contributed by atoms with Crippen LogP contribution in [0.25, 0.3) is 4.96 Å². The van der Waals surface area contributed by atoms with Crippen molar-refractivity contribution in [3.63, 3.8) is 0 Å². The maximum atomic E-state index is 4.59. The van der Waals surface area contributed by atoms with Crippen LogP contribution in [0.1, 0.15) is 44.0 Å². The Bertz CT molecular complexity index is 543. The molecule has 1 aliphatic rings. The van der Waals surface area contributed by atoms with Gasteiger partial charge < -0.3 is 5.32 Å². The number of nitrogens with zero attached hydrogens (tertiary/aromatic N) is 2. The summed E-state index contributed by atoms with van der Waals surface area (Å²) in [5.41, 5.74) is 2.48. The molecular weight excluding hydrogens is 254 g/mol. The second kappa shape index (κ2) is 5.63. The van der Waals surface area contributed by atoms with Crippen LogP contribution in [-0.4, -0.2) is 15.9 Å². The number of rotatable bonds is 4. The predicted octanol–water partition coefficient (Wildman–Crippen LogP) is 3.62. The van der Waals surface area contributed by atoms with E-state index in [0.717, 1.165) is 35.6 Å². The van der Waals surface area contributed by atoms with Gasteiger partial charge in [-0.1, -0.05) is 26.2 Å². The lowest BCUT2D eigenvalue weighted by Crippen LogP contribution is -2.29. The van der Waals surface area contributed by atoms with Gasteiger partial charge in [0.15, 0.2) is 4.96 Å². The van der Waals surface area contributed by atoms with Crippen LogP contribution in [0.4, 0.5) is 0 Å². The van der Waals surface area contributed by atoms with Crippen molar-refractivity contribution >= 4 is 16.3 Å². The van der Waals surface area contributed by atoms with Crippen LogP contribution in [0, 0.1) is 18.8 Å². The van der Waals surface area contributed by atoms with Gasteiger partial charge in [0.2, 0.25) is 0 Å². The molecule has 0 saturated heterocycles. The lowest BCUT2D eigenvalue weighted by molar-refractivity contribution is 0.247. The van der Waals surface area contributed by atoms with Gasteiger partial charge >= 0.3 is 0 Å². The molecule has 1 fully saturated rings. The maximum absolute atomic E-state index is 4.59. The number of hydrogen-bond acceptors (Lipinski definition) is 3. The van der Waals surface area contributed by atoms with Crippen molar-refractivity contribution in [2.75, 3.05) is 6.54 Å². The van der Waals surface area contributed by atoms with Crippen LogP contribution in [-0.2, 0) is 6.54 Å². The van der Waals surface area contributed by atoms with Crippen LogP contribution >= 0.6 is 11.3 Å². The van der Waals surface area contributed by atoms with Crippen LogP contribution in [0.2, 0.25) is 0 Å². The third-order valence-electron chi connectivity index (χ3n) is 4.55. The molecule has 2 heterocycles. The minimum atomic E-state index is 0.861. The highest BCUT2D eigenvalue weighted by Gasteiger charge is 2.20. The van der Waals surface area contributed by atoms with E-state index >= 15 is 0 Å². The molecule has 19 heavy (non-hydrogen) atoms. The molecule has 1 aliphatic carbocycles. The largest absolute Gasteiger partial charge is 0.311 e. The minimum Gasteiger partial charge on any atom is -0.311 e. The summed E-state index contributed by atoms with van der Waals surface area (Å²) >= 11 is 1.71. The summed E-state index contributed by atoms with van der Waals surface area (Å²) in [6.45, 7) is 6.61. The minimum absolute atomic E-state index is 0.861. The number of aryl methyl sites for hydroxylation is 1. The molecule has 0 amide bonds. The van der Waals surface area contributed by atoms with E-state index in [9.17, 15) is 0 Å². The molecular formula is C15H23N3S. The number of fused-ring (bicyclic) bond motifs is 1. The van der Waals surface area contributed by atoms with E-state index in [1.54, 1.807) is 11.3 Å². The standard InChI is InChI=1S/C15H23N3S/c1-11-5-3-4-6-13(11)9-16-10-14-12(2)17-15-18(14)7-8-19-15/h7-8,11,13,16H,3-6,9-10H2,1-2H3. The van der Waals surface area contributed by atoms with Crippen molar-refractivity contribution in [1.29, 1.82) is 0 Å². The molecule has 3 nitrogen and oxygen atoms in total. The Morgan fingerprint density at radius 1 is 1.42 bits per heavy atom. The molecule has 4 heteroatoms. The summed E-state index contributed by atoms with van der Waals surface area (Å²) in [7, 11) is 0. The molecule has 2 unspecified atom stereocenters. The van der Waals surface area contributed by atoms with Crippen LogP contribution in [0.5, 0.6) is 0 Å². The van der Waals surface area contributed by atoms with Gasteiger partial charge in [0.25, 0.3) is 0 Å². The Morgan fingerprint density at radius 2 is 2.26 bits per heavy atom. The molecule has 3 rings (SSSR count). The quantitative estimate of drug-likeness (QED) is 0.925. The smallest absolute Gasteiger partial charge is 0.194 e. The van der Waals surface area contributed by atoms with Crippen LogP contribution in [0.3, 0.4) is 0 Å². The lowest BCUT2D eigenvalue weighted by atomic mass is 9.80. The lowest BCUT2D eigenvalue weighted by Gasteiger charge is -2.28. The van der Waals surface area contributed by atoms with Crippen molar-refractivity contribution in [2.45, 2.75) is 46.1 Å². The summed E-state index contributed by atoms with van der Waals surface area (Å²) in [4.78, 5) is 5.71. The molecule has 0 spiro atoms. The predicted molar refractivity (Wildman–Crippen MR) is 80.6 cm³/mol. The van der Waals surface area contributed by atoms with Crippen molar-refractivity contribution in [2.24, 2.45) is 11.8 Å². The molecule has 104 valence electrons.